The first-order valence-corrected chi connectivity index (χ1v) is 4.39. The van der Waals surface area contributed by atoms with Crippen LogP contribution in [0.2, 0.25) is 0 Å². The number of phenols is 1. The molecule has 0 unspecified atom stereocenters. The van der Waals surface area contributed by atoms with Crippen molar-refractivity contribution in [2.75, 3.05) is 5.32 Å². The molecule has 2 rings (SSSR count). The third kappa shape index (κ3) is 1.71. The number of fused-ring (bicyclic) bond motifs is 1. The first-order chi connectivity index (χ1) is 7.18. The maximum absolute atomic E-state index is 10.9. The average Bonchev–Trinajstić information content (AvgIpc) is 2.22. The number of rotatable bonds is 1. The van der Waals surface area contributed by atoms with E-state index in [-0.39, 0.29) is 11.7 Å². The van der Waals surface area contributed by atoms with Crippen molar-refractivity contribution in [3.8, 4) is 5.75 Å². The molecule has 0 aliphatic heterocycles. The maximum atomic E-state index is 10.9. The zero-order chi connectivity index (χ0) is 10.8. The van der Waals surface area contributed by atoms with Gasteiger partial charge in [0.05, 0.1) is 5.69 Å². The number of hydrogen-bond acceptors (Lipinski definition) is 4. The summed E-state index contributed by atoms with van der Waals surface area (Å²) >= 11 is 0. The van der Waals surface area contributed by atoms with Crippen LogP contribution in [0.4, 0.5) is 5.69 Å². The Morgan fingerprint density at radius 1 is 1.27 bits per heavy atom. The highest BCUT2D eigenvalue weighted by Gasteiger charge is 2.07. The molecule has 0 bridgehead atoms. The number of nitrogens with zero attached hydrogens (tertiary/aromatic N) is 2. The second-order valence-electron chi connectivity index (χ2n) is 3.07. The van der Waals surface area contributed by atoms with Gasteiger partial charge in [0.1, 0.15) is 16.8 Å². The van der Waals surface area contributed by atoms with Gasteiger partial charge in [-0.1, -0.05) is 0 Å². The van der Waals surface area contributed by atoms with Crippen LogP contribution in [0.1, 0.15) is 6.92 Å². The summed E-state index contributed by atoms with van der Waals surface area (Å²) in [4.78, 5) is 19.0. The molecule has 2 aromatic rings. The number of carbonyl (C=O) groups is 1. The number of nitrogens with one attached hydrogen (secondary N) is 1. The molecule has 5 heteroatoms. The van der Waals surface area contributed by atoms with Crippen LogP contribution in [0.25, 0.3) is 11.0 Å². The Balaban J connectivity index is 2.66. The number of phenolic OH excluding ortho intramolecular Hbond substituents is 1. The van der Waals surface area contributed by atoms with E-state index in [4.69, 9.17) is 0 Å². The fourth-order valence-corrected chi connectivity index (χ4v) is 1.33. The molecule has 5 nitrogen and oxygen atoms in total. The van der Waals surface area contributed by atoms with Crippen LogP contribution in [0.5, 0.6) is 5.75 Å². The van der Waals surface area contributed by atoms with E-state index in [1.165, 1.54) is 25.4 Å². The van der Waals surface area contributed by atoms with Gasteiger partial charge in [0.2, 0.25) is 5.91 Å². The summed E-state index contributed by atoms with van der Waals surface area (Å²) in [5, 5.41) is 12.1. The minimum atomic E-state index is -0.187. The second-order valence-corrected chi connectivity index (χ2v) is 3.07. The Morgan fingerprint density at radius 3 is 2.60 bits per heavy atom. The Bertz CT molecular complexity index is 525. The van der Waals surface area contributed by atoms with E-state index >= 15 is 0 Å². The van der Waals surface area contributed by atoms with Gasteiger partial charge < -0.3 is 10.4 Å². The van der Waals surface area contributed by atoms with Crippen LogP contribution >= 0.6 is 0 Å². The summed E-state index contributed by atoms with van der Waals surface area (Å²) in [5.74, 6) is -0.139. The van der Waals surface area contributed by atoms with Crippen LogP contribution in [0.15, 0.2) is 24.5 Å². The molecule has 1 aromatic carbocycles. The Labute approximate surface area is 85.8 Å². The van der Waals surface area contributed by atoms with E-state index in [0.29, 0.717) is 16.7 Å². The van der Waals surface area contributed by atoms with E-state index in [2.05, 4.69) is 15.3 Å². The molecule has 1 aromatic heterocycles. The number of aromatic hydroxyl groups is 1. The Kier molecular flexibility index (Phi) is 2.21. The SMILES string of the molecule is CC(=O)Nc1ccc(O)c2nccnc12. The van der Waals surface area contributed by atoms with Gasteiger partial charge in [-0.15, -0.1) is 0 Å². The monoisotopic (exact) mass is 203 g/mol. The number of hydrogen-bond donors (Lipinski definition) is 2. The van der Waals surface area contributed by atoms with Gasteiger partial charge in [-0.05, 0) is 12.1 Å². The largest absolute Gasteiger partial charge is 0.506 e. The molecule has 0 atom stereocenters. The van der Waals surface area contributed by atoms with Gasteiger partial charge in [-0.25, -0.2) is 4.98 Å². The highest BCUT2D eigenvalue weighted by Crippen LogP contribution is 2.26. The lowest BCUT2D eigenvalue weighted by atomic mass is 10.2. The van der Waals surface area contributed by atoms with Gasteiger partial charge in [-0.3, -0.25) is 9.78 Å². The molecule has 15 heavy (non-hydrogen) atoms. The molecule has 1 amide bonds. The number of benzene rings is 1. The molecular formula is C10H9N3O2. The highest BCUT2D eigenvalue weighted by molar-refractivity contribution is 5.99. The standard InChI is InChI=1S/C10H9N3O2/c1-6(14)13-7-2-3-8(15)10-9(7)11-4-5-12-10/h2-5,15H,1H3,(H,13,14). The lowest BCUT2D eigenvalue weighted by Crippen LogP contribution is -2.06. The van der Waals surface area contributed by atoms with Crippen LogP contribution < -0.4 is 5.32 Å². The van der Waals surface area contributed by atoms with E-state index in [1.54, 1.807) is 6.07 Å². The normalized spacial score (nSPS) is 10.2. The number of carbonyl (C=O) groups excluding carboxylic acids is 1. The van der Waals surface area contributed by atoms with Gasteiger partial charge in [0.15, 0.2) is 0 Å². The summed E-state index contributed by atoms with van der Waals surface area (Å²) in [6.45, 7) is 1.41. The minimum absolute atomic E-state index is 0.0483. The summed E-state index contributed by atoms with van der Waals surface area (Å²) in [7, 11) is 0. The van der Waals surface area contributed by atoms with Gasteiger partial charge in [-0.2, -0.15) is 0 Å². The van der Waals surface area contributed by atoms with Crippen LogP contribution in [0.3, 0.4) is 0 Å². The number of aromatic nitrogens is 2. The van der Waals surface area contributed by atoms with Gasteiger partial charge >= 0.3 is 0 Å². The summed E-state index contributed by atoms with van der Waals surface area (Å²) in [5.41, 5.74) is 1.40. The molecule has 0 aliphatic rings. The van der Waals surface area contributed by atoms with E-state index in [0.717, 1.165) is 0 Å². The predicted molar refractivity (Wildman–Crippen MR) is 55.5 cm³/mol. The van der Waals surface area contributed by atoms with Crippen molar-refractivity contribution in [1.29, 1.82) is 0 Å². The lowest BCUT2D eigenvalue weighted by Gasteiger charge is -2.06. The molecular weight excluding hydrogens is 194 g/mol. The lowest BCUT2D eigenvalue weighted by molar-refractivity contribution is -0.114. The zero-order valence-electron chi connectivity index (χ0n) is 8.06. The molecule has 0 saturated carbocycles. The molecule has 0 saturated heterocycles. The molecule has 1 heterocycles. The van der Waals surface area contributed by atoms with Crippen molar-refractivity contribution in [2.24, 2.45) is 0 Å². The predicted octanol–water partition coefficient (Wildman–Crippen LogP) is 1.29. The average molecular weight is 203 g/mol. The van der Waals surface area contributed by atoms with Crippen LogP contribution in [0, 0.1) is 0 Å². The van der Waals surface area contributed by atoms with Crippen molar-refractivity contribution >= 4 is 22.6 Å². The molecule has 76 valence electrons. The quantitative estimate of drug-likeness (QED) is 0.685. The smallest absolute Gasteiger partial charge is 0.221 e. The molecule has 2 N–H and O–H groups in total. The topological polar surface area (TPSA) is 75.1 Å². The third-order valence-corrected chi connectivity index (χ3v) is 1.91. The molecule has 0 fully saturated rings. The van der Waals surface area contributed by atoms with E-state index in [1.807, 2.05) is 0 Å². The second kappa shape index (κ2) is 3.53. The fraction of sp³-hybridized carbons (Fsp3) is 0.100. The van der Waals surface area contributed by atoms with Crippen LogP contribution in [-0.2, 0) is 4.79 Å². The Morgan fingerprint density at radius 2 is 1.93 bits per heavy atom. The summed E-state index contributed by atoms with van der Waals surface area (Å²) in [6, 6.07) is 3.07. The first-order valence-electron chi connectivity index (χ1n) is 4.39. The minimum Gasteiger partial charge on any atom is -0.506 e. The molecule has 0 aliphatic carbocycles. The Hall–Kier alpha value is -2.17. The van der Waals surface area contributed by atoms with Crippen molar-refractivity contribution in [2.45, 2.75) is 6.92 Å². The van der Waals surface area contributed by atoms with Crippen molar-refractivity contribution in [3.63, 3.8) is 0 Å². The fourth-order valence-electron chi connectivity index (χ4n) is 1.33. The van der Waals surface area contributed by atoms with Crippen molar-refractivity contribution < 1.29 is 9.90 Å². The van der Waals surface area contributed by atoms with Gasteiger partial charge in [0.25, 0.3) is 0 Å². The number of amides is 1. The zero-order valence-corrected chi connectivity index (χ0v) is 8.06. The highest BCUT2D eigenvalue weighted by atomic mass is 16.3. The molecule has 0 spiro atoms. The van der Waals surface area contributed by atoms with Crippen molar-refractivity contribution in [3.05, 3.63) is 24.5 Å². The van der Waals surface area contributed by atoms with E-state index < -0.39 is 0 Å². The summed E-state index contributed by atoms with van der Waals surface area (Å²) in [6.07, 6.45) is 2.99. The first kappa shape index (κ1) is 9.39. The molecule has 0 radical (unpaired) electrons. The van der Waals surface area contributed by atoms with Gasteiger partial charge in [0, 0.05) is 19.3 Å². The third-order valence-electron chi connectivity index (χ3n) is 1.91. The number of anilines is 1. The maximum Gasteiger partial charge on any atom is 0.221 e. The summed E-state index contributed by atoms with van der Waals surface area (Å²) < 4.78 is 0. The van der Waals surface area contributed by atoms with Crippen LogP contribution in [-0.4, -0.2) is 21.0 Å². The van der Waals surface area contributed by atoms with Crippen molar-refractivity contribution in [1.82, 2.24) is 9.97 Å². The van der Waals surface area contributed by atoms with E-state index in [9.17, 15) is 9.90 Å².